The number of hydrogen-bond acceptors (Lipinski definition) is 2. The Kier molecular flexibility index (Phi) is 7.84. The molecular weight excluding hydrogens is 767 g/mol. The Labute approximate surface area is 363 Å². The lowest BCUT2D eigenvalue weighted by Gasteiger charge is -2.12. The number of fused-ring (bicyclic) bond motifs is 9. The second-order valence-corrected chi connectivity index (χ2v) is 16.2. The van der Waals surface area contributed by atoms with Gasteiger partial charge in [0.1, 0.15) is 0 Å². The normalized spacial score (nSPS) is 11.8. The minimum absolute atomic E-state index is 0.705. The molecule has 0 aliphatic rings. The summed E-state index contributed by atoms with van der Waals surface area (Å²) in [6.07, 6.45) is 0. The van der Waals surface area contributed by atoms with Gasteiger partial charge >= 0.3 is 0 Å². The second-order valence-electron chi connectivity index (χ2n) is 16.2. The number of aromatic nitrogens is 5. The number of hydrogen-bond donors (Lipinski definition) is 0. The van der Waals surface area contributed by atoms with E-state index in [1.807, 2.05) is 24.3 Å². The Hall–Kier alpha value is -8.54. The van der Waals surface area contributed by atoms with Gasteiger partial charge in [-0.3, -0.25) is 0 Å². The monoisotopic (exact) mass is 803 g/mol. The molecular formula is C58H37N5. The molecule has 294 valence electrons. The Morgan fingerprint density at radius 3 is 1.02 bits per heavy atom. The summed E-state index contributed by atoms with van der Waals surface area (Å²) < 4.78 is 7.23. The van der Waals surface area contributed by atoms with Gasteiger partial charge in [0.05, 0.1) is 44.5 Å². The van der Waals surface area contributed by atoms with Crippen LogP contribution >= 0.6 is 0 Å². The van der Waals surface area contributed by atoms with E-state index < -0.39 is 0 Å². The topological polar surface area (TPSA) is 40.6 Å². The molecule has 13 aromatic rings. The molecule has 0 atom stereocenters. The molecule has 9 aromatic carbocycles. The SMILES string of the molecule is c1ccc(-c2cc(-c3ccc(-n4c5ccc(-n6c7ccccc7c7ccccc76)cc5c5cc(-n6c7ccccc7c7ccccc76)ccc54)cc3)nc(-c3ccccc3)n2)cc1. The average molecular weight is 804 g/mol. The first kappa shape index (κ1) is 35.2. The predicted molar refractivity (Wildman–Crippen MR) is 261 cm³/mol. The zero-order valence-electron chi connectivity index (χ0n) is 34.1. The van der Waals surface area contributed by atoms with Crippen molar-refractivity contribution in [3.05, 3.63) is 224 Å². The van der Waals surface area contributed by atoms with E-state index in [2.05, 4.69) is 214 Å². The van der Waals surface area contributed by atoms with Crippen LogP contribution in [0.4, 0.5) is 0 Å². The van der Waals surface area contributed by atoms with Crippen molar-refractivity contribution in [2.45, 2.75) is 0 Å². The highest BCUT2D eigenvalue weighted by atomic mass is 15.0. The molecule has 4 aromatic heterocycles. The predicted octanol–water partition coefficient (Wildman–Crippen LogP) is 14.8. The molecule has 0 saturated carbocycles. The van der Waals surface area contributed by atoms with Crippen LogP contribution in [0, 0.1) is 0 Å². The van der Waals surface area contributed by atoms with E-state index in [4.69, 9.17) is 9.97 Å². The van der Waals surface area contributed by atoms with Crippen LogP contribution in [0.15, 0.2) is 224 Å². The van der Waals surface area contributed by atoms with Gasteiger partial charge in [0.15, 0.2) is 5.82 Å². The lowest BCUT2D eigenvalue weighted by atomic mass is 10.1. The van der Waals surface area contributed by atoms with Gasteiger partial charge < -0.3 is 13.7 Å². The number of nitrogens with zero attached hydrogens (tertiary/aromatic N) is 5. The molecule has 0 aliphatic heterocycles. The molecule has 0 amide bonds. The Bertz CT molecular complexity index is 3560. The largest absolute Gasteiger partial charge is 0.309 e. The highest BCUT2D eigenvalue weighted by Gasteiger charge is 2.19. The summed E-state index contributed by atoms with van der Waals surface area (Å²) in [5.41, 5.74) is 15.2. The molecule has 5 heteroatoms. The van der Waals surface area contributed by atoms with E-state index in [1.54, 1.807) is 0 Å². The van der Waals surface area contributed by atoms with Gasteiger partial charge in [-0.2, -0.15) is 0 Å². The molecule has 13 rings (SSSR count). The lowest BCUT2D eigenvalue weighted by Crippen LogP contribution is -1.97. The van der Waals surface area contributed by atoms with Crippen LogP contribution in [0.2, 0.25) is 0 Å². The van der Waals surface area contributed by atoms with Gasteiger partial charge in [-0.15, -0.1) is 0 Å². The van der Waals surface area contributed by atoms with Crippen molar-refractivity contribution in [1.29, 1.82) is 0 Å². The number of benzene rings is 9. The van der Waals surface area contributed by atoms with Crippen LogP contribution in [-0.2, 0) is 0 Å². The van der Waals surface area contributed by atoms with Crippen LogP contribution in [0.1, 0.15) is 0 Å². The van der Waals surface area contributed by atoms with Gasteiger partial charge in [-0.1, -0.05) is 146 Å². The van der Waals surface area contributed by atoms with E-state index in [9.17, 15) is 0 Å². The maximum Gasteiger partial charge on any atom is 0.160 e. The molecule has 5 nitrogen and oxygen atoms in total. The quantitative estimate of drug-likeness (QED) is 0.168. The minimum atomic E-state index is 0.705. The highest BCUT2D eigenvalue weighted by Crippen LogP contribution is 2.40. The van der Waals surface area contributed by atoms with Crippen molar-refractivity contribution in [3.8, 4) is 51.0 Å². The first-order chi connectivity index (χ1) is 31.2. The first-order valence-electron chi connectivity index (χ1n) is 21.4. The van der Waals surface area contributed by atoms with Crippen LogP contribution < -0.4 is 0 Å². The summed E-state index contributed by atoms with van der Waals surface area (Å²) in [6, 6.07) is 80.3. The molecule has 63 heavy (non-hydrogen) atoms. The smallest absolute Gasteiger partial charge is 0.160 e. The van der Waals surface area contributed by atoms with Crippen LogP contribution in [-0.4, -0.2) is 23.7 Å². The first-order valence-corrected chi connectivity index (χ1v) is 21.4. The van der Waals surface area contributed by atoms with Crippen LogP contribution in [0.25, 0.3) is 116 Å². The van der Waals surface area contributed by atoms with Crippen molar-refractivity contribution in [2.24, 2.45) is 0 Å². The van der Waals surface area contributed by atoms with Crippen LogP contribution in [0.3, 0.4) is 0 Å². The fourth-order valence-corrected chi connectivity index (χ4v) is 9.81. The highest BCUT2D eigenvalue weighted by molar-refractivity contribution is 6.14. The fourth-order valence-electron chi connectivity index (χ4n) is 9.81. The van der Waals surface area contributed by atoms with E-state index >= 15 is 0 Å². The van der Waals surface area contributed by atoms with E-state index in [1.165, 1.54) is 54.4 Å². The fraction of sp³-hybridized carbons (Fsp3) is 0. The third kappa shape index (κ3) is 5.57. The van der Waals surface area contributed by atoms with Gasteiger partial charge in [-0.05, 0) is 78.9 Å². The van der Waals surface area contributed by atoms with Crippen molar-refractivity contribution in [2.75, 3.05) is 0 Å². The average Bonchev–Trinajstić information content (AvgIpc) is 4.00. The molecule has 0 aliphatic carbocycles. The Balaban J connectivity index is 1.02. The van der Waals surface area contributed by atoms with Crippen molar-refractivity contribution in [1.82, 2.24) is 23.7 Å². The minimum Gasteiger partial charge on any atom is -0.309 e. The van der Waals surface area contributed by atoms with Gasteiger partial charge in [-0.25, -0.2) is 9.97 Å². The van der Waals surface area contributed by atoms with E-state index in [0.717, 1.165) is 56.2 Å². The van der Waals surface area contributed by atoms with Crippen molar-refractivity contribution >= 4 is 65.4 Å². The summed E-state index contributed by atoms with van der Waals surface area (Å²) in [4.78, 5) is 10.1. The summed E-state index contributed by atoms with van der Waals surface area (Å²) in [6.45, 7) is 0. The zero-order chi connectivity index (χ0) is 41.4. The number of para-hydroxylation sites is 4. The maximum atomic E-state index is 5.12. The molecule has 0 unspecified atom stereocenters. The number of rotatable bonds is 6. The Morgan fingerprint density at radius 1 is 0.238 bits per heavy atom. The summed E-state index contributed by atoms with van der Waals surface area (Å²) in [5.74, 6) is 0.705. The molecule has 0 N–H and O–H groups in total. The van der Waals surface area contributed by atoms with Gasteiger partial charge in [0, 0.05) is 66.1 Å². The molecule has 4 heterocycles. The standard InChI is InChI=1S/C58H37N5/c1-3-15-38(16-4-1)50-37-51(60-58(59-50)40-17-5-2-6-18-40)39-27-29-41(30-28-39)61-56-33-31-42(62-52-23-11-7-19-44(52)45-20-8-12-24-53(45)62)35-48(56)49-36-43(32-34-57(49)61)63-54-25-13-9-21-46(54)47-22-10-14-26-55(47)63/h1-37H. The molecule has 0 radical (unpaired) electrons. The van der Waals surface area contributed by atoms with Crippen molar-refractivity contribution < 1.29 is 0 Å². The Morgan fingerprint density at radius 2 is 0.571 bits per heavy atom. The summed E-state index contributed by atoms with van der Waals surface area (Å²) in [7, 11) is 0. The maximum absolute atomic E-state index is 5.12. The van der Waals surface area contributed by atoms with E-state index in [0.29, 0.717) is 5.82 Å². The third-order valence-corrected chi connectivity index (χ3v) is 12.7. The van der Waals surface area contributed by atoms with Crippen molar-refractivity contribution in [3.63, 3.8) is 0 Å². The third-order valence-electron chi connectivity index (χ3n) is 12.7. The molecule has 0 spiro atoms. The second kappa shape index (κ2) is 14.0. The molecule has 0 bridgehead atoms. The van der Waals surface area contributed by atoms with Gasteiger partial charge in [0.25, 0.3) is 0 Å². The molecule has 0 fully saturated rings. The summed E-state index contributed by atoms with van der Waals surface area (Å²) in [5, 5.41) is 7.37. The summed E-state index contributed by atoms with van der Waals surface area (Å²) >= 11 is 0. The van der Waals surface area contributed by atoms with E-state index in [-0.39, 0.29) is 0 Å². The molecule has 0 saturated heterocycles. The zero-order valence-corrected chi connectivity index (χ0v) is 34.1. The van der Waals surface area contributed by atoms with Crippen LogP contribution in [0.5, 0.6) is 0 Å². The van der Waals surface area contributed by atoms with Gasteiger partial charge in [0.2, 0.25) is 0 Å². The lowest BCUT2D eigenvalue weighted by molar-refractivity contribution is 1.16.